The van der Waals surface area contributed by atoms with Crippen LogP contribution in [-0.2, 0) is 11.3 Å². The van der Waals surface area contributed by atoms with Crippen LogP contribution in [0.4, 0.5) is 5.69 Å². The largest absolute Gasteiger partial charge is 0.459 e. The molecule has 5 aromatic rings. The fourth-order valence-electron chi connectivity index (χ4n) is 4.39. The molecule has 0 unspecified atom stereocenters. The summed E-state index contributed by atoms with van der Waals surface area (Å²) in [5.41, 5.74) is 5.97. The molecule has 1 amide bonds. The van der Waals surface area contributed by atoms with Gasteiger partial charge >= 0.3 is 0 Å². The molecule has 1 aliphatic heterocycles. The zero-order valence-electron chi connectivity index (χ0n) is 19.9. The number of anilines is 1. The van der Waals surface area contributed by atoms with Crippen LogP contribution in [-0.4, -0.2) is 52.1 Å². The summed E-state index contributed by atoms with van der Waals surface area (Å²) in [6.07, 6.45) is 3.28. The van der Waals surface area contributed by atoms with Crippen LogP contribution in [0, 0.1) is 0 Å². The summed E-state index contributed by atoms with van der Waals surface area (Å²) in [6.45, 7) is 4.45. The molecule has 186 valence electrons. The van der Waals surface area contributed by atoms with Gasteiger partial charge in [-0.25, -0.2) is 9.97 Å². The second kappa shape index (κ2) is 10.2. The maximum atomic E-state index is 12.4. The second-order valence-electron chi connectivity index (χ2n) is 8.89. The smallest absolute Gasteiger partial charge is 0.291 e. The number of pyridine rings is 1. The minimum atomic E-state index is -0.342. The van der Waals surface area contributed by atoms with Gasteiger partial charge in [-0.1, -0.05) is 35.9 Å². The summed E-state index contributed by atoms with van der Waals surface area (Å²) in [7, 11) is 0. The van der Waals surface area contributed by atoms with Gasteiger partial charge in [-0.2, -0.15) is 0 Å². The van der Waals surface area contributed by atoms with Gasteiger partial charge in [0.2, 0.25) is 0 Å². The van der Waals surface area contributed by atoms with Crippen molar-refractivity contribution in [3.05, 3.63) is 89.5 Å². The zero-order chi connectivity index (χ0) is 25.2. The molecule has 0 radical (unpaired) electrons. The van der Waals surface area contributed by atoms with Crippen LogP contribution in [0.3, 0.4) is 0 Å². The highest BCUT2D eigenvalue weighted by Crippen LogP contribution is 2.31. The lowest BCUT2D eigenvalue weighted by Gasteiger charge is -2.26. The molecule has 2 N–H and O–H groups in total. The number of aromatic nitrogens is 3. The van der Waals surface area contributed by atoms with E-state index in [9.17, 15) is 4.79 Å². The summed E-state index contributed by atoms with van der Waals surface area (Å²) in [4.78, 5) is 27.3. The number of morpholine rings is 1. The number of furan rings is 1. The number of rotatable bonds is 6. The van der Waals surface area contributed by atoms with Gasteiger partial charge in [-0.05, 0) is 47.5 Å². The lowest BCUT2D eigenvalue weighted by Crippen LogP contribution is -2.35. The predicted octanol–water partition coefficient (Wildman–Crippen LogP) is 5.62. The highest BCUT2D eigenvalue weighted by Gasteiger charge is 2.15. The number of hydrogen-bond acceptors (Lipinski definition) is 6. The maximum Gasteiger partial charge on any atom is 0.291 e. The Balaban J connectivity index is 1.22. The van der Waals surface area contributed by atoms with Crippen LogP contribution in [0.25, 0.3) is 33.7 Å². The Bertz CT molecular complexity index is 1540. The van der Waals surface area contributed by atoms with E-state index in [4.69, 9.17) is 20.8 Å². The molecule has 0 aliphatic carbocycles. The van der Waals surface area contributed by atoms with E-state index in [0.717, 1.165) is 49.5 Å². The van der Waals surface area contributed by atoms with Crippen LogP contribution in [0.15, 0.2) is 77.5 Å². The molecule has 4 heterocycles. The summed E-state index contributed by atoms with van der Waals surface area (Å²) in [5, 5.41) is 3.32. The summed E-state index contributed by atoms with van der Waals surface area (Å²) in [6, 6.07) is 19.1. The van der Waals surface area contributed by atoms with Crippen molar-refractivity contribution in [2.45, 2.75) is 6.54 Å². The Morgan fingerprint density at radius 2 is 1.89 bits per heavy atom. The molecule has 2 aromatic carbocycles. The van der Waals surface area contributed by atoms with Crippen molar-refractivity contribution in [2.24, 2.45) is 0 Å². The average molecular weight is 514 g/mol. The van der Waals surface area contributed by atoms with E-state index in [1.807, 2.05) is 12.3 Å². The van der Waals surface area contributed by atoms with Crippen molar-refractivity contribution in [1.29, 1.82) is 0 Å². The Labute approximate surface area is 218 Å². The van der Waals surface area contributed by atoms with Crippen LogP contribution in [0.2, 0.25) is 5.02 Å². The van der Waals surface area contributed by atoms with Gasteiger partial charge in [0.1, 0.15) is 5.82 Å². The van der Waals surface area contributed by atoms with E-state index in [0.29, 0.717) is 27.7 Å². The van der Waals surface area contributed by atoms with Crippen molar-refractivity contribution in [2.75, 3.05) is 31.6 Å². The molecule has 6 rings (SSSR count). The standard InChI is InChI=1S/C28H24ClN5O3/c29-23-8-7-21(31-28(35)25-2-1-11-37-25)15-22(23)26-32-24-14-20(16-30-27(24)33-26)19-5-3-18(4-6-19)17-34-9-12-36-13-10-34/h1-8,11,14-16H,9-10,12-13,17H2,(H,31,35)(H,30,32,33). The Hall–Kier alpha value is -3.98. The van der Waals surface area contributed by atoms with Gasteiger partial charge in [-0.15, -0.1) is 0 Å². The number of fused-ring (bicyclic) bond motifs is 1. The SMILES string of the molecule is O=C(Nc1ccc(Cl)c(-c2nc3ncc(-c4ccc(CN5CCOCC5)cc4)cc3[nH]2)c1)c1ccco1. The zero-order valence-corrected chi connectivity index (χ0v) is 20.7. The lowest BCUT2D eigenvalue weighted by molar-refractivity contribution is 0.0342. The first-order valence-corrected chi connectivity index (χ1v) is 12.4. The fraction of sp³-hybridized carbons (Fsp3) is 0.179. The fourth-order valence-corrected chi connectivity index (χ4v) is 4.60. The highest BCUT2D eigenvalue weighted by molar-refractivity contribution is 6.33. The van der Waals surface area contributed by atoms with Gasteiger partial charge in [0.25, 0.3) is 5.91 Å². The lowest BCUT2D eigenvalue weighted by atomic mass is 10.1. The van der Waals surface area contributed by atoms with E-state index in [1.54, 1.807) is 30.3 Å². The molecule has 0 atom stereocenters. The van der Waals surface area contributed by atoms with E-state index < -0.39 is 0 Å². The third-order valence-electron chi connectivity index (χ3n) is 6.36. The first-order valence-electron chi connectivity index (χ1n) is 12.0. The number of benzene rings is 2. The van der Waals surface area contributed by atoms with Crippen molar-refractivity contribution in [1.82, 2.24) is 19.9 Å². The van der Waals surface area contributed by atoms with Crippen molar-refractivity contribution in [3.8, 4) is 22.5 Å². The molecule has 9 heteroatoms. The van der Waals surface area contributed by atoms with E-state index in [1.165, 1.54) is 11.8 Å². The van der Waals surface area contributed by atoms with Crippen molar-refractivity contribution < 1.29 is 13.9 Å². The molecule has 8 nitrogen and oxygen atoms in total. The summed E-state index contributed by atoms with van der Waals surface area (Å²) < 4.78 is 10.6. The molecular weight excluding hydrogens is 490 g/mol. The van der Waals surface area contributed by atoms with E-state index in [2.05, 4.69) is 49.4 Å². The number of H-pyrrole nitrogens is 1. The van der Waals surface area contributed by atoms with Gasteiger partial charge in [0.05, 0.1) is 30.0 Å². The number of hydrogen-bond donors (Lipinski definition) is 2. The number of amides is 1. The number of halogens is 1. The molecule has 1 fully saturated rings. The van der Waals surface area contributed by atoms with E-state index >= 15 is 0 Å². The van der Waals surface area contributed by atoms with Gasteiger partial charge < -0.3 is 19.5 Å². The molecular formula is C28H24ClN5O3. The first-order chi connectivity index (χ1) is 18.1. The van der Waals surface area contributed by atoms with Gasteiger partial charge in [0, 0.05) is 42.6 Å². The molecule has 1 saturated heterocycles. The molecule has 1 aliphatic rings. The Morgan fingerprint density at radius 1 is 1.05 bits per heavy atom. The topological polar surface area (TPSA) is 96.3 Å². The highest BCUT2D eigenvalue weighted by atomic mass is 35.5. The number of nitrogens with zero attached hydrogens (tertiary/aromatic N) is 3. The quantitative estimate of drug-likeness (QED) is 0.306. The minimum Gasteiger partial charge on any atom is -0.459 e. The van der Waals surface area contributed by atoms with Crippen LogP contribution in [0.5, 0.6) is 0 Å². The third-order valence-corrected chi connectivity index (χ3v) is 6.69. The van der Waals surface area contributed by atoms with Gasteiger partial charge in [0.15, 0.2) is 11.4 Å². The normalized spacial score (nSPS) is 14.2. The predicted molar refractivity (Wildman–Crippen MR) is 143 cm³/mol. The second-order valence-corrected chi connectivity index (χ2v) is 9.30. The monoisotopic (exact) mass is 513 g/mol. The molecule has 0 bridgehead atoms. The number of carbonyl (C=O) groups is 1. The van der Waals surface area contributed by atoms with Crippen LogP contribution < -0.4 is 5.32 Å². The summed E-state index contributed by atoms with van der Waals surface area (Å²) in [5.74, 6) is 0.454. The average Bonchev–Trinajstić information content (AvgIpc) is 3.61. The molecule has 0 saturated carbocycles. The van der Waals surface area contributed by atoms with Crippen molar-refractivity contribution in [3.63, 3.8) is 0 Å². The number of ether oxygens (including phenoxy) is 1. The minimum absolute atomic E-state index is 0.228. The van der Waals surface area contributed by atoms with Gasteiger partial charge in [-0.3, -0.25) is 9.69 Å². The van der Waals surface area contributed by atoms with E-state index in [-0.39, 0.29) is 11.7 Å². The number of nitrogens with one attached hydrogen (secondary N) is 2. The maximum absolute atomic E-state index is 12.4. The molecule has 3 aromatic heterocycles. The molecule has 0 spiro atoms. The summed E-state index contributed by atoms with van der Waals surface area (Å²) >= 11 is 6.48. The van der Waals surface area contributed by atoms with Crippen molar-refractivity contribution >= 4 is 34.4 Å². The van der Waals surface area contributed by atoms with Crippen LogP contribution in [0.1, 0.15) is 16.1 Å². The molecule has 37 heavy (non-hydrogen) atoms. The number of imidazole rings is 1. The third kappa shape index (κ3) is 5.13. The Kier molecular flexibility index (Phi) is 6.44. The Morgan fingerprint density at radius 3 is 2.68 bits per heavy atom. The van der Waals surface area contributed by atoms with Crippen LogP contribution >= 0.6 is 11.6 Å². The first kappa shape index (κ1) is 23.4. The number of carbonyl (C=O) groups excluding carboxylic acids is 1. The number of aromatic amines is 1.